The zero-order valence-electron chi connectivity index (χ0n) is 12.3. The van der Waals surface area contributed by atoms with Gasteiger partial charge in [0.25, 0.3) is 5.91 Å². The monoisotopic (exact) mass is 329 g/mol. The van der Waals surface area contributed by atoms with Crippen LogP contribution < -0.4 is 4.72 Å². The zero-order valence-corrected chi connectivity index (χ0v) is 13.1. The molecule has 0 saturated carbocycles. The molecule has 1 spiro atoms. The second kappa shape index (κ2) is 5.64. The fourth-order valence-electron chi connectivity index (χ4n) is 3.23. The maximum absolute atomic E-state index is 12.3. The number of nitrogens with one attached hydrogen (secondary N) is 1. The molecule has 3 rings (SSSR count). The van der Waals surface area contributed by atoms with E-state index < -0.39 is 15.6 Å². The zero-order chi connectivity index (χ0) is 15.8. The van der Waals surface area contributed by atoms with Crippen LogP contribution in [-0.2, 0) is 14.8 Å². The summed E-state index contributed by atoms with van der Waals surface area (Å²) in [6.45, 7) is 1.52. The molecule has 0 aromatic carbocycles. The third-order valence-electron chi connectivity index (χ3n) is 4.16. The van der Waals surface area contributed by atoms with Gasteiger partial charge in [-0.15, -0.1) is 0 Å². The summed E-state index contributed by atoms with van der Waals surface area (Å²) in [6, 6.07) is -0.144. The maximum Gasteiger partial charge on any atom is 0.258 e. The highest BCUT2D eigenvalue weighted by molar-refractivity contribution is 7.88. The van der Waals surface area contributed by atoms with Crippen LogP contribution in [0.5, 0.6) is 0 Å². The van der Waals surface area contributed by atoms with Crippen molar-refractivity contribution in [3.63, 3.8) is 0 Å². The lowest BCUT2D eigenvalue weighted by molar-refractivity contribution is -0.0763. The molecule has 1 amide bonds. The van der Waals surface area contributed by atoms with Crippen molar-refractivity contribution in [2.75, 3.05) is 26.0 Å². The molecule has 1 aromatic heterocycles. The van der Waals surface area contributed by atoms with Gasteiger partial charge in [-0.25, -0.2) is 13.1 Å². The van der Waals surface area contributed by atoms with Gasteiger partial charge in [0, 0.05) is 19.2 Å². The van der Waals surface area contributed by atoms with Gasteiger partial charge in [-0.1, -0.05) is 5.16 Å². The van der Waals surface area contributed by atoms with Crippen LogP contribution in [0.25, 0.3) is 0 Å². The normalized spacial score (nSPS) is 29.1. The van der Waals surface area contributed by atoms with Crippen LogP contribution in [0.15, 0.2) is 17.0 Å². The summed E-state index contributed by atoms with van der Waals surface area (Å²) in [5.41, 5.74) is -0.0494. The van der Waals surface area contributed by atoms with Crippen molar-refractivity contribution in [1.29, 1.82) is 0 Å². The lowest BCUT2D eigenvalue weighted by Crippen LogP contribution is -2.50. The van der Waals surface area contributed by atoms with Gasteiger partial charge in [0.05, 0.1) is 30.2 Å². The van der Waals surface area contributed by atoms with Crippen molar-refractivity contribution in [2.45, 2.75) is 30.9 Å². The highest BCUT2D eigenvalue weighted by atomic mass is 32.2. The number of hydrogen-bond donors (Lipinski definition) is 1. The molecule has 2 aliphatic heterocycles. The molecule has 1 aromatic rings. The summed E-state index contributed by atoms with van der Waals surface area (Å²) < 4.78 is 36.0. The largest absolute Gasteiger partial charge is 0.373 e. The molecule has 1 N–H and O–H groups in total. The van der Waals surface area contributed by atoms with Crippen LogP contribution in [0.3, 0.4) is 0 Å². The Kier molecular flexibility index (Phi) is 3.96. The first-order valence-electron chi connectivity index (χ1n) is 7.17. The van der Waals surface area contributed by atoms with E-state index in [1.54, 1.807) is 4.90 Å². The molecule has 0 unspecified atom stereocenters. The average Bonchev–Trinajstić information content (AvgIpc) is 3.06. The molecular weight excluding hydrogens is 310 g/mol. The first kappa shape index (κ1) is 15.4. The number of carbonyl (C=O) groups is 1. The van der Waals surface area contributed by atoms with Crippen molar-refractivity contribution >= 4 is 15.9 Å². The van der Waals surface area contributed by atoms with E-state index in [4.69, 9.17) is 9.26 Å². The fraction of sp³-hybridized carbons (Fsp3) is 0.692. The molecule has 8 nitrogen and oxygen atoms in total. The SMILES string of the molecule is CS(=O)(=O)N[C@H]1CCO[C@]2(CCN(C(=O)c3cnoc3)C2)C1. The Morgan fingerprint density at radius 2 is 2.36 bits per heavy atom. The molecular formula is C13H19N3O5S. The predicted octanol–water partition coefficient (Wildman–Crippen LogP) is -0.0125. The third-order valence-corrected chi connectivity index (χ3v) is 4.92. The quantitative estimate of drug-likeness (QED) is 0.837. The van der Waals surface area contributed by atoms with Gasteiger partial charge in [0.15, 0.2) is 0 Å². The topological polar surface area (TPSA) is 102 Å². The van der Waals surface area contributed by atoms with Crippen molar-refractivity contribution in [2.24, 2.45) is 0 Å². The minimum absolute atomic E-state index is 0.139. The average molecular weight is 329 g/mol. The summed E-state index contributed by atoms with van der Waals surface area (Å²) in [5.74, 6) is -0.139. The molecule has 2 aliphatic rings. The Morgan fingerprint density at radius 1 is 1.55 bits per heavy atom. The summed E-state index contributed by atoms with van der Waals surface area (Å²) >= 11 is 0. The predicted molar refractivity (Wildman–Crippen MR) is 76.7 cm³/mol. The number of aromatic nitrogens is 1. The van der Waals surface area contributed by atoms with Gasteiger partial charge in [-0.2, -0.15) is 0 Å². The smallest absolute Gasteiger partial charge is 0.258 e. The van der Waals surface area contributed by atoms with E-state index in [0.717, 1.165) is 6.26 Å². The molecule has 2 saturated heterocycles. The van der Waals surface area contributed by atoms with Crippen molar-refractivity contribution in [3.8, 4) is 0 Å². The lowest BCUT2D eigenvalue weighted by atomic mass is 9.90. The Morgan fingerprint density at radius 3 is 3.05 bits per heavy atom. The van der Waals surface area contributed by atoms with Gasteiger partial charge in [-0.3, -0.25) is 4.79 Å². The molecule has 2 atom stereocenters. The summed E-state index contributed by atoms with van der Waals surface area (Å²) in [5, 5.41) is 3.54. The Hall–Kier alpha value is -1.45. The van der Waals surface area contributed by atoms with E-state index in [2.05, 4.69) is 9.88 Å². The molecule has 22 heavy (non-hydrogen) atoms. The number of hydrogen-bond acceptors (Lipinski definition) is 6. The van der Waals surface area contributed by atoms with Gasteiger partial charge in [-0.05, 0) is 19.3 Å². The number of nitrogens with zero attached hydrogens (tertiary/aromatic N) is 2. The Balaban J connectivity index is 1.66. The van der Waals surface area contributed by atoms with E-state index in [-0.39, 0.29) is 11.9 Å². The van der Waals surface area contributed by atoms with E-state index >= 15 is 0 Å². The fourth-order valence-corrected chi connectivity index (χ4v) is 4.03. The molecule has 2 fully saturated rings. The number of ether oxygens (including phenoxy) is 1. The standard InChI is InChI=1S/C13H19N3O5S/c1-22(18,19)15-11-2-5-20-13(6-11)3-4-16(9-13)12(17)10-7-14-21-8-10/h7-8,11,15H,2-6,9H2,1H3/t11-,13+/m0/s1. The highest BCUT2D eigenvalue weighted by Crippen LogP contribution is 2.35. The van der Waals surface area contributed by atoms with Crippen LogP contribution >= 0.6 is 0 Å². The van der Waals surface area contributed by atoms with Crippen LogP contribution in [0.2, 0.25) is 0 Å². The summed E-state index contributed by atoms with van der Waals surface area (Å²) in [6.07, 6.45) is 5.80. The summed E-state index contributed by atoms with van der Waals surface area (Å²) in [4.78, 5) is 14.0. The number of rotatable bonds is 3. The first-order chi connectivity index (χ1) is 10.4. The summed E-state index contributed by atoms with van der Waals surface area (Å²) in [7, 11) is -3.24. The Bertz CT molecular complexity index is 645. The van der Waals surface area contributed by atoms with E-state index in [1.165, 1.54) is 12.5 Å². The van der Waals surface area contributed by atoms with Crippen LogP contribution in [0, 0.1) is 0 Å². The number of carbonyl (C=O) groups excluding carboxylic acids is 1. The minimum Gasteiger partial charge on any atom is -0.373 e. The van der Waals surface area contributed by atoms with E-state index in [0.29, 0.717) is 44.5 Å². The number of sulfonamides is 1. The second-order valence-electron chi connectivity index (χ2n) is 6.00. The lowest BCUT2D eigenvalue weighted by Gasteiger charge is -2.38. The van der Waals surface area contributed by atoms with Crippen LogP contribution in [-0.4, -0.2) is 62.0 Å². The van der Waals surface area contributed by atoms with Crippen molar-refractivity contribution in [1.82, 2.24) is 14.8 Å². The van der Waals surface area contributed by atoms with Crippen LogP contribution in [0.1, 0.15) is 29.6 Å². The first-order valence-corrected chi connectivity index (χ1v) is 9.06. The third kappa shape index (κ3) is 3.31. The Labute approximate surface area is 128 Å². The molecule has 3 heterocycles. The van der Waals surface area contributed by atoms with Gasteiger partial charge < -0.3 is 14.2 Å². The van der Waals surface area contributed by atoms with E-state index in [9.17, 15) is 13.2 Å². The number of amides is 1. The van der Waals surface area contributed by atoms with Gasteiger partial charge in [0.1, 0.15) is 6.26 Å². The minimum atomic E-state index is -3.24. The molecule has 0 bridgehead atoms. The molecule has 9 heteroatoms. The maximum atomic E-state index is 12.3. The second-order valence-corrected chi connectivity index (χ2v) is 7.78. The van der Waals surface area contributed by atoms with E-state index in [1.807, 2.05) is 0 Å². The molecule has 122 valence electrons. The van der Waals surface area contributed by atoms with Gasteiger partial charge >= 0.3 is 0 Å². The van der Waals surface area contributed by atoms with Crippen LogP contribution in [0.4, 0.5) is 0 Å². The molecule has 0 radical (unpaired) electrons. The van der Waals surface area contributed by atoms with Gasteiger partial charge in [0.2, 0.25) is 10.0 Å². The number of likely N-dealkylation sites (tertiary alicyclic amines) is 1. The van der Waals surface area contributed by atoms with Crippen molar-refractivity contribution in [3.05, 3.63) is 18.0 Å². The molecule has 0 aliphatic carbocycles. The van der Waals surface area contributed by atoms with Crippen molar-refractivity contribution < 1.29 is 22.5 Å². The highest BCUT2D eigenvalue weighted by Gasteiger charge is 2.45.